The third-order valence-corrected chi connectivity index (χ3v) is 2.26. The molecule has 4 nitrogen and oxygen atoms in total. The van der Waals surface area contributed by atoms with Gasteiger partial charge in [0.25, 0.3) is 0 Å². The van der Waals surface area contributed by atoms with Crippen molar-refractivity contribution in [3.05, 3.63) is 24.0 Å². The third-order valence-electron chi connectivity index (χ3n) is 2.26. The maximum Gasteiger partial charge on any atom is 0.163 e. The van der Waals surface area contributed by atoms with Crippen LogP contribution in [-0.4, -0.2) is 22.7 Å². The van der Waals surface area contributed by atoms with Gasteiger partial charge in [0.15, 0.2) is 5.69 Å². The van der Waals surface area contributed by atoms with E-state index < -0.39 is 0 Å². The Balaban J connectivity index is 2.84. The van der Waals surface area contributed by atoms with Gasteiger partial charge in [0.1, 0.15) is 6.07 Å². The first-order valence-electron chi connectivity index (χ1n) is 4.91. The Bertz CT molecular complexity index is 357. The van der Waals surface area contributed by atoms with E-state index in [0.29, 0.717) is 17.3 Å². The lowest BCUT2D eigenvalue weighted by Gasteiger charge is -2.21. The number of hydrogen-bond donors (Lipinski definition) is 2. The summed E-state index contributed by atoms with van der Waals surface area (Å²) in [7, 11) is 0. The Morgan fingerprint density at radius 2 is 2.33 bits per heavy atom. The summed E-state index contributed by atoms with van der Waals surface area (Å²) in [5.74, 6) is 0.293. The fourth-order valence-corrected chi connectivity index (χ4v) is 1.23. The van der Waals surface area contributed by atoms with Gasteiger partial charge in [-0.3, -0.25) is 0 Å². The van der Waals surface area contributed by atoms with E-state index in [4.69, 9.17) is 10.4 Å². The minimum Gasteiger partial charge on any atom is -0.394 e. The molecule has 0 fully saturated rings. The average Bonchev–Trinajstić information content (AvgIpc) is 2.25. The summed E-state index contributed by atoms with van der Waals surface area (Å²) >= 11 is 0. The largest absolute Gasteiger partial charge is 0.394 e. The van der Waals surface area contributed by atoms with Crippen LogP contribution < -0.4 is 5.32 Å². The summed E-state index contributed by atoms with van der Waals surface area (Å²) in [6.07, 6.45) is 1.58. The second-order valence-electron chi connectivity index (χ2n) is 3.69. The highest BCUT2D eigenvalue weighted by Crippen LogP contribution is 2.15. The number of rotatable bonds is 4. The van der Waals surface area contributed by atoms with Crippen LogP contribution in [0.25, 0.3) is 0 Å². The number of hydrogen-bond acceptors (Lipinski definition) is 4. The highest BCUT2D eigenvalue weighted by molar-refractivity contribution is 5.53. The SMILES string of the molecule is CC(C)C(CO)Nc1cccnc1C#N. The summed E-state index contributed by atoms with van der Waals surface area (Å²) in [4.78, 5) is 3.94. The van der Waals surface area contributed by atoms with E-state index in [1.165, 1.54) is 0 Å². The molecule has 0 saturated heterocycles. The molecule has 0 saturated carbocycles. The van der Waals surface area contributed by atoms with E-state index >= 15 is 0 Å². The predicted octanol–water partition coefficient (Wildman–Crippen LogP) is 1.38. The molecular weight excluding hydrogens is 190 g/mol. The zero-order chi connectivity index (χ0) is 11.3. The van der Waals surface area contributed by atoms with Crippen LogP contribution >= 0.6 is 0 Å². The molecule has 0 aliphatic heterocycles. The lowest BCUT2D eigenvalue weighted by molar-refractivity contribution is 0.249. The topological polar surface area (TPSA) is 68.9 Å². The molecule has 1 aromatic heterocycles. The fraction of sp³-hybridized carbons (Fsp3) is 0.455. The first-order chi connectivity index (χ1) is 7.19. The first-order valence-corrected chi connectivity index (χ1v) is 4.91. The standard InChI is InChI=1S/C11H15N3O/c1-8(2)11(7-15)14-9-4-3-5-13-10(9)6-12/h3-5,8,11,14-15H,7H2,1-2H3. The Kier molecular flexibility index (Phi) is 4.07. The van der Waals surface area contributed by atoms with Gasteiger partial charge in [-0.15, -0.1) is 0 Å². The van der Waals surface area contributed by atoms with E-state index in [0.717, 1.165) is 0 Å². The summed E-state index contributed by atoms with van der Waals surface area (Å²) in [6.45, 7) is 4.06. The molecule has 4 heteroatoms. The molecule has 0 aliphatic rings. The molecule has 0 spiro atoms. The molecule has 0 radical (unpaired) electrons. The molecule has 1 unspecified atom stereocenters. The van der Waals surface area contributed by atoms with Crippen LogP contribution in [0.4, 0.5) is 5.69 Å². The highest BCUT2D eigenvalue weighted by atomic mass is 16.3. The Morgan fingerprint density at radius 1 is 1.60 bits per heavy atom. The van der Waals surface area contributed by atoms with Crippen molar-refractivity contribution in [3.8, 4) is 6.07 Å². The van der Waals surface area contributed by atoms with Crippen LogP contribution in [-0.2, 0) is 0 Å². The first kappa shape index (κ1) is 11.5. The Labute approximate surface area is 89.6 Å². The number of anilines is 1. The quantitative estimate of drug-likeness (QED) is 0.779. The van der Waals surface area contributed by atoms with E-state index in [1.54, 1.807) is 18.3 Å². The summed E-state index contributed by atoms with van der Waals surface area (Å²) < 4.78 is 0. The van der Waals surface area contributed by atoms with Crippen molar-refractivity contribution in [1.82, 2.24) is 4.98 Å². The van der Waals surface area contributed by atoms with Gasteiger partial charge in [-0.05, 0) is 18.1 Å². The second kappa shape index (κ2) is 5.32. The van der Waals surface area contributed by atoms with Gasteiger partial charge in [0, 0.05) is 6.20 Å². The van der Waals surface area contributed by atoms with Crippen LogP contribution in [0.2, 0.25) is 0 Å². The summed E-state index contributed by atoms with van der Waals surface area (Å²) in [5.41, 5.74) is 1.03. The minimum atomic E-state index is -0.0544. The number of nitriles is 1. The van der Waals surface area contributed by atoms with E-state index in [1.807, 2.05) is 19.9 Å². The molecule has 0 aliphatic carbocycles. The third kappa shape index (κ3) is 2.93. The molecule has 0 aromatic carbocycles. The zero-order valence-corrected chi connectivity index (χ0v) is 8.94. The number of aliphatic hydroxyl groups is 1. The Morgan fingerprint density at radius 3 is 2.87 bits per heavy atom. The van der Waals surface area contributed by atoms with Gasteiger partial charge in [-0.25, -0.2) is 4.98 Å². The molecular formula is C11H15N3O. The molecule has 80 valence electrons. The van der Waals surface area contributed by atoms with Crippen molar-refractivity contribution in [2.45, 2.75) is 19.9 Å². The van der Waals surface area contributed by atoms with Crippen LogP contribution in [0.5, 0.6) is 0 Å². The summed E-state index contributed by atoms with van der Waals surface area (Å²) in [6, 6.07) is 5.50. The van der Waals surface area contributed by atoms with Gasteiger partial charge < -0.3 is 10.4 Å². The molecule has 1 rings (SSSR count). The monoisotopic (exact) mass is 205 g/mol. The molecule has 1 heterocycles. The molecule has 0 bridgehead atoms. The van der Waals surface area contributed by atoms with Gasteiger partial charge >= 0.3 is 0 Å². The average molecular weight is 205 g/mol. The number of nitrogens with zero attached hydrogens (tertiary/aromatic N) is 2. The molecule has 2 N–H and O–H groups in total. The smallest absolute Gasteiger partial charge is 0.163 e. The highest BCUT2D eigenvalue weighted by Gasteiger charge is 2.13. The van der Waals surface area contributed by atoms with Crippen molar-refractivity contribution in [2.24, 2.45) is 5.92 Å². The van der Waals surface area contributed by atoms with E-state index in [9.17, 15) is 0 Å². The zero-order valence-electron chi connectivity index (χ0n) is 8.94. The predicted molar refractivity (Wildman–Crippen MR) is 58.3 cm³/mol. The molecule has 1 atom stereocenters. The normalized spacial score (nSPS) is 12.2. The van der Waals surface area contributed by atoms with Crippen molar-refractivity contribution in [1.29, 1.82) is 5.26 Å². The van der Waals surface area contributed by atoms with Gasteiger partial charge in [-0.2, -0.15) is 5.26 Å². The van der Waals surface area contributed by atoms with E-state index in [2.05, 4.69) is 10.3 Å². The van der Waals surface area contributed by atoms with Crippen molar-refractivity contribution < 1.29 is 5.11 Å². The fourth-order valence-electron chi connectivity index (χ4n) is 1.23. The van der Waals surface area contributed by atoms with Crippen molar-refractivity contribution in [2.75, 3.05) is 11.9 Å². The number of aromatic nitrogens is 1. The lowest BCUT2D eigenvalue weighted by Crippen LogP contribution is -2.29. The van der Waals surface area contributed by atoms with Gasteiger partial charge in [0.05, 0.1) is 18.3 Å². The number of nitrogens with one attached hydrogen (secondary N) is 1. The maximum atomic E-state index is 9.16. The summed E-state index contributed by atoms with van der Waals surface area (Å²) in [5, 5.41) is 21.1. The van der Waals surface area contributed by atoms with Gasteiger partial charge in [0.2, 0.25) is 0 Å². The number of pyridine rings is 1. The van der Waals surface area contributed by atoms with Crippen LogP contribution in [0.15, 0.2) is 18.3 Å². The van der Waals surface area contributed by atoms with Crippen LogP contribution in [0, 0.1) is 17.2 Å². The van der Waals surface area contributed by atoms with Crippen LogP contribution in [0.1, 0.15) is 19.5 Å². The molecule has 0 amide bonds. The second-order valence-corrected chi connectivity index (χ2v) is 3.69. The van der Waals surface area contributed by atoms with Crippen LogP contribution in [0.3, 0.4) is 0 Å². The lowest BCUT2D eigenvalue weighted by atomic mass is 10.1. The van der Waals surface area contributed by atoms with E-state index in [-0.39, 0.29) is 12.6 Å². The Hall–Kier alpha value is -1.60. The van der Waals surface area contributed by atoms with Gasteiger partial charge in [-0.1, -0.05) is 13.8 Å². The molecule has 1 aromatic rings. The molecule has 15 heavy (non-hydrogen) atoms. The maximum absolute atomic E-state index is 9.16. The minimum absolute atomic E-state index is 0.0391. The van der Waals surface area contributed by atoms with Crippen molar-refractivity contribution >= 4 is 5.69 Å². The van der Waals surface area contributed by atoms with Crippen molar-refractivity contribution in [3.63, 3.8) is 0 Å². The number of aliphatic hydroxyl groups excluding tert-OH is 1.